The number of rotatable bonds is 7. The van der Waals surface area contributed by atoms with Crippen molar-refractivity contribution in [1.82, 2.24) is 20.0 Å². The SMILES string of the molecule is COc1ccccc1NC(=O)CCc1c(C)nn(-c2ccc(N3CCCC3)nn2)c1C. The predicted molar refractivity (Wildman–Crippen MR) is 120 cm³/mol. The van der Waals surface area contributed by atoms with Gasteiger partial charge in [-0.1, -0.05) is 12.1 Å². The molecule has 1 N–H and O–H groups in total. The van der Waals surface area contributed by atoms with E-state index >= 15 is 0 Å². The Hall–Kier alpha value is -3.42. The molecule has 4 rings (SSSR count). The summed E-state index contributed by atoms with van der Waals surface area (Å²) >= 11 is 0. The van der Waals surface area contributed by atoms with Crippen molar-refractivity contribution in [1.29, 1.82) is 0 Å². The second-order valence-corrected chi connectivity index (χ2v) is 7.75. The molecule has 8 nitrogen and oxygen atoms in total. The number of carbonyl (C=O) groups is 1. The van der Waals surface area contributed by atoms with Crippen LogP contribution in [0.5, 0.6) is 5.75 Å². The topological polar surface area (TPSA) is 85.2 Å². The monoisotopic (exact) mass is 420 g/mol. The van der Waals surface area contributed by atoms with Gasteiger partial charge < -0.3 is 15.0 Å². The lowest BCUT2D eigenvalue weighted by molar-refractivity contribution is -0.116. The summed E-state index contributed by atoms with van der Waals surface area (Å²) in [5, 5.41) is 16.4. The van der Waals surface area contributed by atoms with Crippen LogP contribution in [0.15, 0.2) is 36.4 Å². The van der Waals surface area contributed by atoms with Gasteiger partial charge in [-0.05, 0) is 62.9 Å². The van der Waals surface area contributed by atoms with Crippen molar-refractivity contribution < 1.29 is 9.53 Å². The average molecular weight is 421 g/mol. The first-order valence-corrected chi connectivity index (χ1v) is 10.6. The van der Waals surface area contributed by atoms with Gasteiger partial charge in [-0.2, -0.15) is 5.10 Å². The van der Waals surface area contributed by atoms with Crippen molar-refractivity contribution in [3.05, 3.63) is 53.3 Å². The van der Waals surface area contributed by atoms with Crippen molar-refractivity contribution in [3.63, 3.8) is 0 Å². The molecule has 3 heterocycles. The minimum absolute atomic E-state index is 0.0641. The van der Waals surface area contributed by atoms with Crippen molar-refractivity contribution >= 4 is 17.4 Å². The molecule has 162 valence electrons. The van der Waals surface area contributed by atoms with Crippen LogP contribution in [-0.2, 0) is 11.2 Å². The Morgan fingerprint density at radius 2 is 1.77 bits per heavy atom. The smallest absolute Gasteiger partial charge is 0.224 e. The molecule has 1 amide bonds. The summed E-state index contributed by atoms with van der Waals surface area (Å²) in [6, 6.07) is 11.4. The third-order valence-electron chi connectivity index (χ3n) is 5.71. The zero-order valence-corrected chi connectivity index (χ0v) is 18.3. The number of amides is 1. The number of methoxy groups -OCH3 is 1. The van der Waals surface area contributed by atoms with Crippen LogP contribution < -0.4 is 15.0 Å². The number of hydrogen-bond donors (Lipinski definition) is 1. The highest BCUT2D eigenvalue weighted by Crippen LogP contribution is 2.24. The second-order valence-electron chi connectivity index (χ2n) is 7.75. The van der Waals surface area contributed by atoms with Crippen molar-refractivity contribution in [3.8, 4) is 11.6 Å². The number of para-hydroxylation sites is 2. The zero-order valence-electron chi connectivity index (χ0n) is 18.3. The number of anilines is 2. The number of nitrogens with zero attached hydrogens (tertiary/aromatic N) is 5. The van der Waals surface area contributed by atoms with Crippen LogP contribution in [0.2, 0.25) is 0 Å². The van der Waals surface area contributed by atoms with Crippen LogP contribution in [0.25, 0.3) is 5.82 Å². The standard InChI is InChI=1S/C23H28N6O2/c1-16-18(10-13-23(30)24-19-8-4-5-9-20(19)31-3)17(2)29(27-16)22-12-11-21(25-26-22)28-14-6-7-15-28/h4-5,8-9,11-12H,6-7,10,13-15H2,1-3H3,(H,24,30). The van der Waals surface area contributed by atoms with Gasteiger partial charge in [-0.3, -0.25) is 4.79 Å². The fourth-order valence-corrected chi connectivity index (χ4v) is 4.01. The first-order valence-electron chi connectivity index (χ1n) is 10.6. The molecule has 0 unspecified atom stereocenters. The maximum atomic E-state index is 12.5. The third-order valence-corrected chi connectivity index (χ3v) is 5.71. The van der Waals surface area contributed by atoms with Gasteiger partial charge in [0.1, 0.15) is 5.75 Å². The normalized spacial score (nSPS) is 13.5. The van der Waals surface area contributed by atoms with Crippen LogP contribution in [-0.4, -0.2) is 46.1 Å². The van der Waals surface area contributed by atoms with Crippen LogP contribution in [0.1, 0.15) is 36.2 Å². The van der Waals surface area contributed by atoms with Crippen LogP contribution in [0, 0.1) is 13.8 Å². The van der Waals surface area contributed by atoms with Gasteiger partial charge in [0.05, 0.1) is 18.5 Å². The van der Waals surface area contributed by atoms with Gasteiger partial charge in [0, 0.05) is 25.2 Å². The molecule has 1 saturated heterocycles. The number of aromatic nitrogens is 4. The number of carbonyl (C=O) groups excluding carboxylic acids is 1. The first-order chi connectivity index (χ1) is 15.1. The summed E-state index contributed by atoms with van der Waals surface area (Å²) in [4.78, 5) is 14.7. The molecule has 0 aliphatic carbocycles. The summed E-state index contributed by atoms with van der Waals surface area (Å²) in [5.41, 5.74) is 3.60. The van der Waals surface area contributed by atoms with Gasteiger partial charge in [-0.25, -0.2) is 4.68 Å². The summed E-state index contributed by atoms with van der Waals surface area (Å²) in [6.45, 7) is 6.04. The Kier molecular flexibility index (Phi) is 6.16. The van der Waals surface area contributed by atoms with Crippen LogP contribution in [0.4, 0.5) is 11.5 Å². The lowest BCUT2D eigenvalue weighted by Crippen LogP contribution is -2.19. The van der Waals surface area contributed by atoms with Crippen molar-refractivity contribution in [2.24, 2.45) is 0 Å². The highest BCUT2D eigenvalue weighted by molar-refractivity contribution is 5.92. The summed E-state index contributed by atoms with van der Waals surface area (Å²) in [5.74, 6) is 2.18. The molecule has 1 fully saturated rings. The van der Waals surface area contributed by atoms with E-state index in [1.54, 1.807) is 7.11 Å². The minimum atomic E-state index is -0.0641. The number of ether oxygens (including phenoxy) is 1. The van der Waals surface area contributed by atoms with E-state index in [4.69, 9.17) is 4.74 Å². The molecular formula is C23H28N6O2. The molecule has 3 aromatic rings. The largest absolute Gasteiger partial charge is 0.495 e. The molecule has 0 spiro atoms. The molecule has 2 aromatic heterocycles. The molecule has 8 heteroatoms. The lowest BCUT2D eigenvalue weighted by Gasteiger charge is -2.15. The molecule has 0 saturated carbocycles. The molecule has 1 aromatic carbocycles. The van der Waals surface area contributed by atoms with E-state index in [1.165, 1.54) is 12.8 Å². The average Bonchev–Trinajstić information content (AvgIpc) is 3.41. The Labute approximate surface area is 182 Å². The van der Waals surface area contributed by atoms with Gasteiger partial charge in [0.2, 0.25) is 5.91 Å². The maximum Gasteiger partial charge on any atom is 0.224 e. The second kappa shape index (κ2) is 9.16. The molecule has 0 radical (unpaired) electrons. The van der Waals surface area contributed by atoms with Gasteiger partial charge >= 0.3 is 0 Å². The van der Waals surface area contributed by atoms with Gasteiger partial charge in [-0.15, -0.1) is 10.2 Å². The van der Waals surface area contributed by atoms with Gasteiger partial charge in [0.15, 0.2) is 11.6 Å². The van der Waals surface area contributed by atoms with Crippen molar-refractivity contribution in [2.75, 3.05) is 30.4 Å². The van der Waals surface area contributed by atoms with Crippen LogP contribution >= 0.6 is 0 Å². The predicted octanol–water partition coefficient (Wildman–Crippen LogP) is 3.46. The summed E-state index contributed by atoms with van der Waals surface area (Å²) < 4.78 is 7.11. The Balaban J connectivity index is 1.44. The quantitative estimate of drug-likeness (QED) is 0.630. The highest BCUT2D eigenvalue weighted by Gasteiger charge is 2.17. The van der Waals surface area contributed by atoms with Gasteiger partial charge in [0.25, 0.3) is 0 Å². The summed E-state index contributed by atoms with van der Waals surface area (Å²) in [6.07, 6.45) is 3.35. The highest BCUT2D eigenvalue weighted by atomic mass is 16.5. The number of benzene rings is 1. The lowest BCUT2D eigenvalue weighted by atomic mass is 10.1. The Morgan fingerprint density at radius 1 is 1.06 bits per heavy atom. The maximum absolute atomic E-state index is 12.5. The molecule has 0 bridgehead atoms. The van der Waals surface area contributed by atoms with E-state index in [2.05, 4.69) is 25.5 Å². The van der Waals surface area contributed by atoms with Crippen LogP contribution in [0.3, 0.4) is 0 Å². The third kappa shape index (κ3) is 4.52. The molecule has 31 heavy (non-hydrogen) atoms. The fourth-order valence-electron chi connectivity index (χ4n) is 4.01. The molecule has 1 aliphatic rings. The van der Waals surface area contributed by atoms with E-state index < -0.39 is 0 Å². The molecule has 1 aliphatic heterocycles. The van der Waals surface area contributed by atoms with E-state index in [0.29, 0.717) is 30.1 Å². The molecule has 0 atom stereocenters. The van der Waals surface area contributed by atoms with E-state index in [0.717, 1.165) is 35.9 Å². The molecular weight excluding hydrogens is 392 g/mol. The first kappa shape index (κ1) is 20.8. The minimum Gasteiger partial charge on any atom is -0.495 e. The Morgan fingerprint density at radius 3 is 2.48 bits per heavy atom. The number of hydrogen-bond acceptors (Lipinski definition) is 6. The Bertz CT molecular complexity index is 1050. The number of nitrogens with one attached hydrogen (secondary N) is 1. The fraction of sp³-hybridized carbons (Fsp3) is 0.391. The van der Waals surface area contributed by atoms with Crippen molar-refractivity contribution in [2.45, 2.75) is 39.5 Å². The van der Waals surface area contributed by atoms with E-state index in [1.807, 2.05) is 54.9 Å². The van der Waals surface area contributed by atoms with E-state index in [9.17, 15) is 4.79 Å². The zero-order chi connectivity index (χ0) is 21.8. The summed E-state index contributed by atoms with van der Waals surface area (Å²) in [7, 11) is 1.59. The number of aryl methyl sites for hydroxylation is 1. The van der Waals surface area contributed by atoms with E-state index in [-0.39, 0.29) is 5.91 Å².